The van der Waals surface area contributed by atoms with Crippen molar-refractivity contribution in [1.82, 2.24) is 20.1 Å². The summed E-state index contributed by atoms with van der Waals surface area (Å²) in [5, 5.41) is 17.0. The summed E-state index contributed by atoms with van der Waals surface area (Å²) in [5.41, 5.74) is 2.02. The Morgan fingerprint density at radius 2 is 2.17 bits per heavy atom. The molecule has 7 nitrogen and oxygen atoms in total. The summed E-state index contributed by atoms with van der Waals surface area (Å²) in [6.07, 6.45) is 3.58. The second-order valence-electron chi connectivity index (χ2n) is 6.57. The van der Waals surface area contributed by atoms with Crippen LogP contribution in [0.15, 0.2) is 12.3 Å². The number of fused-ring (bicyclic) bond motifs is 1. The van der Waals surface area contributed by atoms with Crippen molar-refractivity contribution in [2.75, 3.05) is 0 Å². The number of carbonyl (C=O) groups is 2. The van der Waals surface area contributed by atoms with Gasteiger partial charge in [-0.3, -0.25) is 9.59 Å². The van der Waals surface area contributed by atoms with Crippen molar-refractivity contribution in [3.63, 3.8) is 0 Å². The lowest BCUT2D eigenvalue weighted by Gasteiger charge is -2.32. The smallest absolute Gasteiger partial charge is 0.306 e. The number of nitrogens with zero attached hydrogens (tertiary/aromatic N) is 3. The van der Waals surface area contributed by atoms with Gasteiger partial charge in [0.25, 0.3) is 5.91 Å². The zero-order valence-corrected chi connectivity index (χ0v) is 14.1. The molecule has 7 heteroatoms. The van der Waals surface area contributed by atoms with E-state index in [1.165, 1.54) is 0 Å². The van der Waals surface area contributed by atoms with Gasteiger partial charge in [-0.25, -0.2) is 9.67 Å². The maximum absolute atomic E-state index is 12.6. The van der Waals surface area contributed by atoms with Crippen molar-refractivity contribution < 1.29 is 14.7 Å². The molecule has 1 amide bonds. The third kappa shape index (κ3) is 2.86. The number of nitrogens with one attached hydrogen (secondary N) is 1. The topological polar surface area (TPSA) is 97.1 Å². The van der Waals surface area contributed by atoms with Gasteiger partial charge in [0, 0.05) is 11.7 Å². The monoisotopic (exact) mass is 330 g/mol. The van der Waals surface area contributed by atoms with Crippen LogP contribution < -0.4 is 5.32 Å². The molecule has 2 N–H and O–H groups in total. The highest BCUT2D eigenvalue weighted by Crippen LogP contribution is 2.28. The Bertz CT molecular complexity index is 792. The first kappa shape index (κ1) is 16.4. The van der Waals surface area contributed by atoms with Gasteiger partial charge >= 0.3 is 5.97 Å². The van der Waals surface area contributed by atoms with Crippen LogP contribution in [0.5, 0.6) is 0 Å². The summed E-state index contributed by atoms with van der Waals surface area (Å²) < 4.78 is 1.85. The molecule has 2 aromatic rings. The molecule has 0 bridgehead atoms. The average molecular weight is 330 g/mol. The second-order valence-corrected chi connectivity index (χ2v) is 6.57. The highest BCUT2D eigenvalue weighted by atomic mass is 16.4. The molecule has 3 rings (SSSR count). The third-order valence-electron chi connectivity index (χ3n) is 4.77. The fraction of sp³-hybridized carbons (Fsp3) is 0.529. The van der Waals surface area contributed by atoms with Crippen molar-refractivity contribution in [3.05, 3.63) is 23.5 Å². The molecule has 128 valence electrons. The highest BCUT2D eigenvalue weighted by Gasteiger charge is 2.35. The number of hydrogen-bond acceptors (Lipinski definition) is 4. The number of aliphatic carboxylic acids is 1. The van der Waals surface area contributed by atoms with E-state index in [9.17, 15) is 9.59 Å². The molecule has 1 fully saturated rings. The van der Waals surface area contributed by atoms with E-state index in [1.54, 1.807) is 12.3 Å². The Labute approximate surface area is 140 Å². The molecule has 1 aliphatic rings. The molecule has 1 atom stereocenters. The lowest BCUT2D eigenvalue weighted by molar-refractivity contribution is -0.145. The lowest BCUT2D eigenvalue weighted by Crippen LogP contribution is -2.46. The summed E-state index contributed by atoms with van der Waals surface area (Å²) in [6, 6.07) is 1.88. The van der Waals surface area contributed by atoms with Crippen molar-refractivity contribution in [2.45, 2.75) is 52.1 Å². The van der Waals surface area contributed by atoms with Gasteiger partial charge in [-0.15, -0.1) is 0 Å². The number of carboxylic acid groups (broad SMARTS) is 1. The van der Waals surface area contributed by atoms with E-state index in [0.29, 0.717) is 24.1 Å². The molecule has 1 aliphatic carbocycles. The lowest BCUT2D eigenvalue weighted by atomic mass is 9.80. The molecule has 0 radical (unpaired) electrons. The Kier molecular flexibility index (Phi) is 4.26. The van der Waals surface area contributed by atoms with E-state index in [2.05, 4.69) is 29.2 Å². The van der Waals surface area contributed by atoms with Crippen molar-refractivity contribution in [3.8, 4) is 0 Å². The Morgan fingerprint density at radius 1 is 1.46 bits per heavy atom. The molecular weight excluding hydrogens is 308 g/mol. The Balaban J connectivity index is 1.85. The maximum atomic E-state index is 12.6. The number of aryl methyl sites for hydroxylation is 1. The van der Waals surface area contributed by atoms with Crippen LogP contribution in [0.2, 0.25) is 0 Å². The van der Waals surface area contributed by atoms with E-state index >= 15 is 0 Å². The largest absolute Gasteiger partial charge is 0.481 e. The molecule has 2 aromatic heterocycles. The first-order valence-corrected chi connectivity index (χ1v) is 8.29. The molecule has 0 aromatic carbocycles. The van der Waals surface area contributed by atoms with E-state index < -0.39 is 5.97 Å². The number of hydrogen-bond donors (Lipinski definition) is 2. The standard InChI is InChI=1S/C17H22N4O3/c1-4-10(3)21-15-14(8-18-21)13(5-9(2)19-15)16(22)20-12-6-11(7-12)17(23)24/h5,8,10-12H,4,6-7H2,1-3H3,(H,20,22)(H,23,24). The summed E-state index contributed by atoms with van der Waals surface area (Å²) in [7, 11) is 0. The average Bonchev–Trinajstić information content (AvgIpc) is 2.91. The molecule has 0 spiro atoms. The summed E-state index contributed by atoms with van der Waals surface area (Å²) in [6.45, 7) is 6.00. The summed E-state index contributed by atoms with van der Waals surface area (Å²) in [5.74, 6) is -1.33. The SMILES string of the molecule is CCC(C)n1ncc2c(C(=O)NC3CC(C(=O)O)C3)cc(C)nc21. The highest BCUT2D eigenvalue weighted by molar-refractivity contribution is 6.05. The van der Waals surface area contributed by atoms with Gasteiger partial charge in [0.2, 0.25) is 0 Å². The summed E-state index contributed by atoms with van der Waals surface area (Å²) in [4.78, 5) is 28.0. The zero-order chi connectivity index (χ0) is 17.4. The molecule has 1 unspecified atom stereocenters. The van der Waals surface area contributed by atoms with E-state index in [0.717, 1.165) is 17.5 Å². The first-order chi connectivity index (χ1) is 11.4. The van der Waals surface area contributed by atoms with Crippen LogP contribution in [0.4, 0.5) is 0 Å². The fourth-order valence-electron chi connectivity index (χ4n) is 3.03. The van der Waals surface area contributed by atoms with Crippen LogP contribution in [0.1, 0.15) is 55.2 Å². The van der Waals surface area contributed by atoms with Crippen LogP contribution in [-0.4, -0.2) is 37.8 Å². The van der Waals surface area contributed by atoms with E-state index in [4.69, 9.17) is 5.11 Å². The fourth-order valence-corrected chi connectivity index (χ4v) is 3.03. The molecule has 0 saturated heterocycles. The molecule has 24 heavy (non-hydrogen) atoms. The molecule has 1 saturated carbocycles. The van der Waals surface area contributed by atoms with Crippen LogP contribution in [0, 0.1) is 12.8 Å². The van der Waals surface area contributed by atoms with E-state index in [1.807, 2.05) is 11.6 Å². The quantitative estimate of drug-likeness (QED) is 0.877. The molecule has 2 heterocycles. The van der Waals surface area contributed by atoms with Gasteiger partial charge in [0.15, 0.2) is 5.65 Å². The minimum atomic E-state index is -0.794. The number of rotatable bonds is 5. The summed E-state index contributed by atoms with van der Waals surface area (Å²) >= 11 is 0. The van der Waals surface area contributed by atoms with Crippen molar-refractivity contribution >= 4 is 22.9 Å². The minimum Gasteiger partial charge on any atom is -0.481 e. The molecule has 0 aliphatic heterocycles. The number of aromatic nitrogens is 3. The van der Waals surface area contributed by atoms with Gasteiger partial charge in [-0.2, -0.15) is 5.10 Å². The maximum Gasteiger partial charge on any atom is 0.306 e. The third-order valence-corrected chi connectivity index (χ3v) is 4.77. The second kappa shape index (κ2) is 6.22. The number of carbonyl (C=O) groups excluding carboxylic acids is 1. The first-order valence-electron chi connectivity index (χ1n) is 8.29. The Morgan fingerprint density at radius 3 is 2.79 bits per heavy atom. The van der Waals surface area contributed by atoms with Crippen molar-refractivity contribution in [2.24, 2.45) is 5.92 Å². The van der Waals surface area contributed by atoms with E-state index in [-0.39, 0.29) is 23.9 Å². The minimum absolute atomic E-state index is 0.0771. The predicted molar refractivity (Wildman–Crippen MR) is 88.9 cm³/mol. The van der Waals surface area contributed by atoms with Crippen LogP contribution in [0.25, 0.3) is 11.0 Å². The Hall–Kier alpha value is -2.44. The van der Waals surface area contributed by atoms with Gasteiger partial charge in [0.1, 0.15) is 0 Å². The number of amides is 1. The zero-order valence-electron chi connectivity index (χ0n) is 14.1. The normalized spacial score (nSPS) is 21.3. The van der Waals surface area contributed by atoms with Crippen LogP contribution >= 0.6 is 0 Å². The molecular formula is C17H22N4O3. The van der Waals surface area contributed by atoms with Gasteiger partial charge in [0.05, 0.1) is 29.1 Å². The van der Waals surface area contributed by atoms with Crippen LogP contribution in [0.3, 0.4) is 0 Å². The number of carboxylic acids is 1. The van der Waals surface area contributed by atoms with Crippen molar-refractivity contribution in [1.29, 1.82) is 0 Å². The predicted octanol–water partition coefficient (Wildman–Crippen LogP) is 2.30. The van der Waals surface area contributed by atoms with Crippen LogP contribution in [-0.2, 0) is 4.79 Å². The number of pyridine rings is 1. The van der Waals surface area contributed by atoms with Gasteiger partial charge < -0.3 is 10.4 Å². The van der Waals surface area contributed by atoms with Gasteiger partial charge in [-0.1, -0.05) is 6.92 Å². The van der Waals surface area contributed by atoms with Gasteiger partial charge in [-0.05, 0) is 39.2 Å².